The van der Waals surface area contributed by atoms with E-state index in [1.807, 2.05) is 24.1 Å². The van der Waals surface area contributed by atoms with Crippen LogP contribution in [-0.2, 0) is 18.3 Å². The van der Waals surface area contributed by atoms with Gasteiger partial charge in [-0.2, -0.15) is 0 Å². The predicted molar refractivity (Wildman–Crippen MR) is 94.5 cm³/mol. The Bertz CT molecular complexity index is 681. The van der Waals surface area contributed by atoms with Gasteiger partial charge in [-0.3, -0.25) is 4.79 Å². The highest BCUT2D eigenvalue weighted by Gasteiger charge is 2.23. The van der Waals surface area contributed by atoms with Gasteiger partial charge < -0.3 is 14.8 Å². The number of likely N-dealkylation sites (tertiary alicyclic amines) is 1. The highest BCUT2D eigenvalue weighted by atomic mass is 16.2. The molecule has 0 radical (unpaired) electrons. The summed E-state index contributed by atoms with van der Waals surface area (Å²) in [4.78, 5) is 14.7. The zero-order valence-electron chi connectivity index (χ0n) is 14.4. The van der Waals surface area contributed by atoms with Crippen molar-refractivity contribution in [3.8, 4) is 0 Å². The van der Waals surface area contributed by atoms with Gasteiger partial charge in [0.15, 0.2) is 0 Å². The van der Waals surface area contributed by atoms with Crippen LogP contribution < -0.4 is 5.32 Å². The quantitative estimate of drug-likeness (QED) is 0.942. The molecule has 0 aliphatic carbocycles. The number of benzene rings is 1. The van der Waals surface area contributed by atoms with E-state index in [-0.39, 0.29) is 5.91 Å². The number of carbonyl (C=O) groups excluding carboxylic acids is 1. The lowest BCUT2D eigenvalue weighted by atomic mass is 10.0. The maximum atomic E-state index is 12.6. The number of carbonyl (C=O) groups is 1. The summed E-state index contributed by atoms with van der Waals surface area (Å²) in [5, 5.41) is 4.77. The maximum absolute atomic E-state index is 12.6. The van der Waals surface area contributed by atoms with Crippen molar-refractivity contribution in [2.24, 2.45) is 7.05 Å². The zero-order chi connectivity index (χ0) is 16.4. The monoisotopic (exact) mass is 313 g/mol. The van der Waals surface area contributed by atoms with Gasteiger partial charge in [0.2, 0.25) is 5.91 Å². The number of fused-ring (bicyclic) bond motifs is 1. The molecule has 124 valence electrons. The van der Waals surface area contributed by atoms with Crippen LogP contribution in [0.1, 0.15) is 32.3 Å². The highest BCUT2D eigenvalue weighted by Crippen LogP contribution is 2.22. The molecule has 0 unspecified atom stereocenters. The number of piperidine rings is 1. The standard InChI is InChI=1S/C19H27N3O/c1-14(2)20-16-8-10-22(11-9-16)19(23)12-15-13-21(3)18-7-5-4-6-17(15)18/h4-7,13-14,16,20H,8-12H2,1-3H3. The van der Waals surface area contributed by atoms with Crippen molar-refractivity contribution in [2.75, 3.05) is 13.1 Å². The van der Waals surface area contributed by atoms with Gasteiger partial charge in [0.1, 0.15) is 0 Å². The molecule has 1 N–H and O–H groups in total. The molecule has 3 rings (SSSR count). The topological polar surface area (TPSA) is 37.3 Å². The molecule has 4 nitrogen and oxygen atoms in total. The summed E-state index contributed by atoms with van der Waals surface area (Å²) in [6.45, 7) is 6.10. The summed E-state index contributed by atoms with van der Waals surface area (Å²) in [5.74, 6) is 0.254. The lowest BCUT2D eigenvalue weighted by Crippen LogP contribution is -2.47. The van der Waals surface area contributed by atoms with Gasteiger partial charge in [0, 0.05) is 49.3 Å². The Hall–Kier alpha value is -1.81. The van der Waals surface area contributed by atoms with E-state index in [9.17, 15) is 4.79 Å². The highest BCUT2D eigenvalue weighted by molar-refractivity contribution is 5.89. The van der Waals surface area contributed by atoms with Gasteiger partial charge in [0.25, 0.3) is 0 Å². The number of para-hydroxylation sites is 1. The molecule has 0 spiro atoms. The van der Waals surface area contributed by atoms with E-state index in [2.05, 4.69) is 42.1 Å². The number of aryl methyl sites for hydroxylation is 1. The fourth-order valence-electron chi connectivity index (χ4n) is 3.61. The smallest absolute Gasteiger partial charge is 0.227 e. The molecule has 1 saturated heterocycles. The second-order valence-electron chi connectivity index (χ2n) is 6.94. The van der Waals surface area contributed by atoms with E-state index in [0.717, 1.165) is 31.5 Å². The summed E-state index contributed by atoms with van der Waals surface area (Å²) < 4.78 is 2.11. The Kier molecular flexibility index (Phi) is 4.71. The van der Waals surface area contributed by atoms with Gasteiger partial charge >= 0.3 is 0 Å². The summed E-state index contributed by atoms with van der Waals surface area (Å²) in [6.07, 6.45) is 4.71. The second kappa shape index (κ2) is 6.75. The molecule has 0 saturated carbocycles. The van der Waals surface area contributed by atoms with Gasteiger partial charge in [-0.05, 0) is 24.5 Å². The molecule has 4 heteroatoms. The van der Waals surface area contributed by atoms with Gasteiger partial charge in [-0.15, -0.1) is 0 Å². The molecule has 2 aromatic rings. The van der Waals surface area contributed by atoms with Crippen molar-refractivity contribution in [1.29, 1.82) is 0 Å². The van der Waals surface area contributed by atoms with E-state index in [1.165, 1.54) is 10.9 Å². The molecular weight excluding hydrogens is 286 g/mol. The largest absolute Gasteiger partial charge is 0.350 e. The van der Waals surface area contributed by atoms with Crippen molar-refractivity contribution in [1.82, 2.24) is 14.8 Å². The Morgan fingerprint density at radius 3 is 2.65 bits per heavy atom. The zero-order valence-corrected chi connectivity index (χ0v) is 14.4. The van der Waals surface area contributed by atoms with Crippen LogP contribution in [-0.4, -0.2) is 40.5 Å². The molecule has 1 amide bonds. The maximum Gasteiger partial charge on any atom is 0.227 e. The molecule has 1 fully saturated rings. The fourth-order valence-corrected chi connectivity index (χ4v) is 3.61. The number of hydrogen-bond acceptors (Lipinski definition) is 2. The molecule has 1 aliphatic rings. The number of rotatable bonds is 4. The predicted octanol–water partition coefficient (Wildman–Crippen LogP) is 2.71. The average molecular weight is 313 g/mol. The molecular formula is C19H27N3O. The minimum atomic E-state index is 0.254. The van der Waals surface area contributed by atoms with Crippen molar-refractivity contribution < 1.29 is 4.79 Å². The van der Waals surface area contributed by atoms with E-state index >= 15 is 0 Å². The summed E-state index contributed by atoms with van der Waals surface area (Å²) in [7, 11) is 2.04. The molecule has 23 heavy (non-hydrogen) atoms. The van der Waals surface area contributed by atoms with Crippen LogP contribution in [0.3, 0.4) is 0 Å². The lowest BCUT2D eigenvalue weighted by molar-refractivity contribution is -0.131. The minimum Gasteiger partial charge on any atom is -0.350 e. The van der Waals surface area contributed by atoms with E-state index in [1.54, 1.807) is 0 Å². The summed E-state index contributed by atoms with van der Waals surface area (Å²) in [6, 6.07) is 9.36. The van der Waals surface area contributed by atoms with Crippen LogP contribution >= 0.6 is 0 Å². The first-order valence-electron chi connectivity index (χ1n) is 8.61. The number of nitrogens with one attached hydrogen (secondary N) is 1. The first-order chi connectivity index (χ1) is 11.0. The molecule has 1 aliphatic heterocycles. The SMILES string of the molecule is CC(C)NC1CCN(C(=O)Cc2cn(C)c3ccccc23)CC1. The first kappa shape index (κ1) is 16.1. The van der Waals surface area contributed by atoms with E-state index < -0.39 is 0 Å². The van der Waals surface area contributed by atoms with Crippen LogP contribution in [0, 0.1) is 0 Å². The number of amides is 1. The van der Waals surface area contributed by atoms with Crippen LogP contribution in [0.5, 0.6) is 0 Å². The summed E-state index contributed by atoms with van der Waals surface area (Å²) in [5.41, 5.74) is 2.32. The lowest BCUT2D eigenvalue weighted by Gasteiger charge is -2.33. The third-order valence-corrected chi connectivity index (χ3v) is 4.74. The second-order valence-corrected chi connectivity index (χ2v) is 6.94. The van der Waals surface area contributed by atoms with E-state index in [4.69, 9.17) is 0 Å². The molecule has 2 heterocycles. The van der Waals surface area contributed by atoms with Crippen molar-refractivity contribution >= 4 is 16.8 Å². The Morgan fingerprint density at radius 1 is 1.26 bits per heavy atom. The van der Waals surface area contributed by atoms with Crippen molar-refractivity contribution in [3.05, 3.63) is 36.0 Å². The molecule has 1 aromatic carbocycles. The minimum absolute atomic E-state index is 0.254. The molecule has 1 aromatic heterocycles. The average Bonchev–Trinajstić information content (AvgIpc) is 2.84. The number of nitrogens with zero attached hydrogens (tertiary/aromatic N) is 2. The van der Waals surface area contributed by atoms with Gasteiger partial charge in [0.05, 0.1) is 6.42 Å². The fraction of sp³-hybridized carbons (Fsp3) is 0.526. The molecule has 0 bridgehead atoms. The molecule has 0 atom stereocenters. The van der Waals surface area contributed by atoms with Crippen LogP contribution in [0.15, 0.2) is 30.5 Å². The third kappa shape index (κ3) is 3.58. The summed E-state index contributed by atoms with van der Waals surface area (Å²) >= 11 is 0. The first-order valence-corrected chi connectivity index (χ1v) is 8.61. The van der Waals surface area contributed by atoms with Crippen LogP contribution in [0.4, 0.5) is 0 Å². The van der Waals surface area contributed by atoms with Gasteiger partial charge in [-0.1, -0.05) is 32.0 Å². The van der Waals surface area contributed by atoms with Crippen molar-refractivity contribution in [3.63, 3.8) is 0 Å². The van der Waals surface area contributed by atoms with Crippen molar-refractivity contribution in [2.45, 2.75) is 45.2 Å². The van der Waals surface area contributed by atoms with E-state index in [0.29, 0.717) is 18.5 Å². The third-order valence-electron chi connectivity index (χ3n) is 4.74. The Morgan fingerprint density at radius 2 is 1.96 bits per heavy atom. The van der Waals surface area contributed by atoms with Crippen LogP contribution in [0.2, 0.25) is 0 Å². The number of aromatic nitrogens is 1. The Balaban J connectivity index is 1.63. The van der Waals surface area contributed by atoms with Crippen LogP contribution in [0.25, 0.3) is 10.9 Å². The normalized spacial score (nSPS) is 16.4. The Labute approximate surface area is 138 Å². The number of hydrogen-bond donors (Lipinski definition) is 1. The van der Waals surface area contributed by atoms with Gasteiger partial charge in [-0.25, -0.2) is 0 Å².